The van der Waals surface area contributed by atoms with Crippen LogP contribution < -0.4 is 0 Å². The van der Waals surface area contributed by atoms with E-state index in [-0.39, 0.29) is 10.8 Å². The molecule has 0 fully saturated rings. The molecular formula is C15H21N. The second-order valence-electron chi connectivity index (χ2n) is 6.12. The van der Waals surface area contributed by atoms with E-state index >= 15 is 0 Å². The van der Waals surface area contributed by atoms with Gasteiger partial charge in [0.25, 0.3) is 0 Å². The van der Waals surface area contributed by atoms with E-state index in [0.717, 1.165) is 6.42 Å². The molecule has 0 spiro atoms. The van der Waals surface area contributed by atoms with E-state index in [1.54, 1.807) is 0 Å². The Morgan fingerprint density at radius 3 is 1.88 bits per heavy atom. The summed E-state index contributed by atoms with van der Waals surface area (Å²) in [5.74, 6) is 0. The Morgan fingerprint density at radius 2 is 1.50 bits per heavy atom. The second kappa shape index (κ2) is 4.29. The van der Waals surface area contributed by atoms with Gasteiger partial charge in [-0.1, -0.05) is 45.0 Å². The molecular weight excluding hydrogens is 194 g/mol. The SMILES string of the molecule is CC(C)(C#N)Cc1ccc(C(C)(C)C)cc1. The van der Waals surface area contributed by atoms with Crippen LogP contribution in [0, 0.1) is 16.7 Å². The van der Waals surface area contributed by atoms with Crippen LogP contribution in [0.3, 0.4) is 0 Å². The molecule has 16 heavy (non-hydrogen) atoms. The van der Waals surface area contributed by atoms with Gasteiger partial charge in [-0.2, -0.15) is 5.26 Å². The second-order valence-corrected chi connectivity index (χ2v) is 6.12. The lowest BCUT2D eigenvalue weighted by atomic mass is 9.84. The van der Waals surface area contributed by atoms with Crippen LogP contribution in [-0.4, -0.2) is 0 Å². The lowest BCUT2D eigenvalue weighted by Gasteiger charge is -2.20. The van der Waals surface area contributed by atoms with Crippen molar-refractivity contribution in [2.45, 2.75) is 46.5 Å². The highest BCUT2D eigenvalue weighted by Gasteiger charge is 2.18. The maximum absolute atomic E-state index is 8.99. The molecule has 1 aromatic rings. The van der Waals surface area contributed by atoms with Gasteiger partial charge in [-0.15, -0.1) is 0 Å². The minimum Gasteiger partial charge on any atom is -0.198 e. The summed E-state index contributed by atoms with van der Waals surface area (Å²) in [6.45, 7) is 10.6. The molecule has 0 heterocycles. The van der Waals surface area contributed by atoms with Gasteiger partial charge in [0.15, 0.2) is 0 Å². The first kappa shape index (κ1) is 12.8. The van der Waals surface area contributed by atoms with Crippen LogP contribution in [0.25, 0.3) is 0 Å². The van der Waals surface area contributed by atoms with Gasteiger partial charge in [0, 0.05) is 0 Å². The van der Waals surface area contributed by atoms with Crippen LogP contribution in [0.5, 0.6) is 0 Å². The molecule has 1 aromatic carbocycles. The number of hydrogen-bond acceptors (Lipinski definition) is 1. The van der Waals surface area contributed by atoms with E-state index in [9.17, 15) is 0 Å². The molecule has 0 saturated carbocycles. The average molecular weight is 215 g/mol. The van der Waals surface area contributed by atoms with Crippen LogP contribution >= 0.6 is 0 Å². The molecule has 0 bridgehead atoms. The molecule has 1 nitrogen and oxygen atoms in total. The predicted molar refractivity (Wildman–Crippen MR) is 68.2 cm³/mol. The van der Waals surface area contributed by atoms with Gasteiger partial charge in [-0.25, -0.2) is 0 Å². The molecule has 0 saturated heterocycles. The molecule has 0 aromatic heterocycles. The minimum absolute atomic E-state index is 0.198. The molecule has 0 atom stereocenters. The normalized spacial score (nSPS) is 12.2. The van der Waals surface area contributed by atoms with Gasteiger partial charge in [0.05, 0.1) is 11.5 Å². The van der Waals surface area contributed by atoms with Crippen LogP contribution in [-0.2, 0) is 11.8 Å². The third-order valence-corrected chi connectivity index (χ3v) is 2.77. The summed E-state index contributed by atoms with van der Waals surface area (Å²) in [7, 11) is 0. The fourth-order valence-corrected chi connectivity index (χ4v) is 1.67. The number of nitriles is 1. The maximum Gasteiger partial charge on any atom is 0.0687 e. The van der Waals surface area contributed by atoms with Gasteiger partial charge < -0.3 is 0 Å². The Morgan fingerprint density at radius 1 is 1.00 bits per heavy atom. The van der Waals surface area contributed by atoms with Gasteiger partial charge in [0.1, 0.15) is 0 Å². The number of rotatable bonds is 2. The molecule has 0 unspecified atom stereocenters. The topological polar surface area (TPSA) is 23.8 Å². The van der Waals surface area contributed by atoms with E-state index < -0.39 is 0 Å². The monoisotopic (exact) mass is 215 g/mol. The molecule has 0 aliphatic rings. The van der Waals surface area contributed by atoms with Crippen LogP contribution in [0.1, 0.15) is 45.7 Å². The van der Waals surface area contributed by atoms with Gasteiger partial charge >= 0.3 is 0 Å². The van der Waals surface area contributed by atoms with E-state index in [4.69, 9.17) is 5.26 Å². The Balaban J connectivity index is 2.85. The van der Waals surface area contributed by atoms with Crippen LogP contribution in [0.4, 0.5) is 0 Å². The molecule has 0 amide bonds. The van der Waals surface area contributed by atoms with Crippen LogP contribution in [0.2, 0.25) is 0 Å². The molecule has 1 rings (SSSR count). The molecule has 0 radical (unpaired) electrons. The molecule has 0 aliphatic carbocycles. The number of hydrogen-bond donors (Lipinski definition) is 0. The largest absolute Gasteiger partial charge is 0.198 e. The Labute approximate surface area is 99.1 Å². The van der Waals surface area contributed by atoms with Gasteiger partial charge in [-0.3, -0.25) is 0 Å². The van der Waals surface area contributed by atoms with Crippen molar-refractivity contribution in [1.29, 1.82) is 5.26 Å². The van der Waals surface area contributed by atoms with Crippen molar-refractivity contribution in [2.75, 3.05) is 0 Å². The smallest absolute Gasteiger partial charge is 0.0687 e. The van der Waals surface area contributed by atoms with Crippen LogP contribution in [0.15, 0.2) is 24.3 Å². The maximum atomic E-state index is 8.99. The summed E-state index contributed by atoms with van der Waals surface area (Å²) in [6, 6.07) is 11.0. The van der Waals surface area contributed by atoms with Crippen molar-refractivity contribution in [2.24, 2.45) is 5.41 Å². The average Bonchev–Trinajstić information content (AvgIpc) is 2.16. The summed E-state index contributed by atoms with van der Waals surface area (Å²) in [5.41, 5.74) is 2.50. The van der Waals surface area contributed by atoms with Gasteiger partial charge in [0.2, 0.25) is 0 Å². The fraction of sp³-hybridized carbons (Fsp3) is 0.533. The Hall–Kier alpha value is -1.29. The fourth-order valence-electron chi connectivity index (χ4n) is 1.67. The first-order valence-corrected chi connectivity index (χ1v) is 5.75. The zero-order valence-electron chi connectivity index (χ0n) is 11.0. The van der Waals surface area contributed by atoms with Crippen molar-refractivity contribution < 1.29 is 0 Å². The first-order chi connectivity index (χ1) is 7.24. The highest BCUT2D eigenvalue weighted by atomic mass is 14.3. The van der Waals surface area contributed by atoms with Crippen molar-refractivity contribution in [3.05, 3.63) is 35.4 Å². The Kier molecular flexibility index (Phi) is 3.43. The summed E-state index contributed by atoms with van der Waals surface area (Å²) in [6.07, 6.45) is 0.813. The van der Waals surface area contributed by atoms with E-state index in [1.165, 1.54) is 11.1 Å². The summed E-state index contributed by atoms with van der Waals surface area (Å²) in [4.78, 5) is 0. The zero-order chi connectivity index (χ0) is 12.4. The van der Waals surface area contributed by atoms with E-state index in [0.29, 0.717) is 0 Å². The summed E-state index contributed by atoms with van der Waals surface area (Å²) < 4.78 is 0. The quantitative estimate of drug-likeness (QED) is 0.729. The number of nitrogens with zero attached hydrogens (tertiary/aromatic N) is 1. The summed E-state index contributed by atoms with van der Waals surface area (Å²) >= 11 is 0. The molecule has 0 aliphatic heterocycles. The lowest BCUT2D eigenvalue weighted by molar-refractivity contribution is 0.493. The van der Waals surface area contributed by atoms with E-state index in [1.807, 2.05) is 13.8 Å². The molecule has 86 valence electrons. The van der Waals surface area contributed by atoms with Crippen molar-refractivity contribution in [3.63, 3.8) is 0 Å². The van der Waals surface area contributed by atoms with Crippen molar-refractivity contribution in [1.82, 2.24) is 0 Å². The Bertz CT molecular complexity index is 385. The lowest BCUT2D eigenvalue weighted by Crippen LogP contribution is -2.13. The zero-order valence-corrected chi connectivity index (χ0v) is 11.0. The highest BCUT2D eigenvalue weighted by Crippen LogP contribution is 2.25. The highest BCUT2D eigenvalue weighted by molar-refractivity contribution is 5.28. The standard InChI is InChI=1S/C15H21N/c1-14(2,3)13-8-6-12(7-9-13)10-15(4,5)11-16/h6-9H,10H2,1-5H3. The van der Waals surface area contributed by atoms with Crippen molar-refractivity contribution >= 4 is 0 Å². The third-order valence-electron chi connectivity index (χ3n) is 2.77. The van der Waals surface area contributed by atoms with Gasteiger partial charge in [-0.05, 0) is 36.8 Å². The molecule has 1 heteroatoms. The molecule has 0 N–H and O–H groups in total. The number of benzene rings is 1. The minimum atomic E-state index is -0.275. The first-order valence-electron chi connectivity index (χ1n) is 5.75. The van der Waals surface area contributed by atoms with Crippen molar-refractivity contribution in [3.8, 4) is 6.07 Å². The summed E-state index contributed by atoms with van der Waals surface area (Å²) in [5, 5.41) is 8.99. The third kappa shape index (κ3) is 3.38. The van der Waals surface area contributed by atoms with E-state index in [2.05, 4.69) is 51.1 Å². The predicted octanol–water partition coefficient (Wildman–Crippen LogP) is 4.08.